The molecule has 0 unspecified atom stereocenters. The minimum atomic E-state index is -0.641. The number of rotatable bonds is 8. The van der Waals surface area contributed by atoms with Crippen molar-refractivity contribution in [3.8, 4) is 5.75 Å². The van der Waals surface area contributed by atoms with Crippen LogP contribution in [-0.4, -0.2) is 23.4 Å². The van der Waals surface area contributed by atoms with Gasteiger partial charge in [-0.1, -0.05) is 69.7 Å². The SMILES string of the molecule is CCOC(=O)C1=C(C)N=c2s/c(=C\c3ccccc3OCc3ccc(Br)cc3)c(=O)n2[C@@H]1c1ccc(SC)cc1. The van der Waals surface area contributed by atoms with Gasteiger partial charge in [-0.3, -0.25) is 9.36 Å². The number of ether oxygens (including phenoxy) is 2. The third-order valence-corrected chi connectivity index (χ3v) is 8.72. The molecule has 0 N–H and O–H groups in total. The van der Waals surface area contributed by atoms with Gasteiger partial charge in [-0.05, 0) is 67.6 Å². The Balaban J connectivity index is 1.59. The molecule has 0 spiro atoms. The number of fused-ring (bicyclic) bond motifs is 1. The van der Waals surface area contributed by atoms with E-state index in [0.29, 0.717) is 33.0 Å². The number of para-hydroxylation sites is 1. The molecular formula is C31H27BrN2O4S2. The van der Waals surface area contributed by atoms with Gasteiger partial charge in [-0.25, -0.2) is 9.79 Å². The number of allylic oxidation sites excluding steroid dienone is 1. The Morgan fingerprint density at radius 2 is 1.82 bits per heavy atom. The van der Waals surface area contributed by atoms with E-state index in [1.807, 2.05) is 85.1 Å². The monoisotopic (exact) mass is 634 g/mol. The van der Waals surface area contributed by atoms with Gasteiger partial charge >= 0.3 is 5.97 Å². The van der Waals surface area contributed by atoms with E-state index < -0.39 is 12.0 Å². The van der Waals surface area contributed by atoms with Crippen molar-refractivity contribution in [2.24, 2.45) is 4.99 Å². The molecule has 0 bridgehead atoms. The second-order valence-corrected chi connectivity index (χ2v) is 11.8. The number of thiazole rings is 1. The minimum absolute atomic E-state index is 0.222. The molecule has 1 aliphatic heterocycles. The molecule has 9 heteroatoms. The van der Waals surface area contributed by atoms with E-state index in [2.05, 4.69) is 20.9 Å². The third kappa shape index (κ3) is 5.87. The topological polar surface area (TPSA) is 69.9 Å². The Bertz CT molecular complexity index is 1760. The van der Waals surface area contributed by atoms with Crippen LogP contribution >= 0.6 is 39.0 Å². The number of hydrogen-bond donors (Lipinski definition) is 0. The number of carbonyl (C=O) groups excluding carboxylic acids is 1. The summed E-state index contributed by atoms with van der Waals surface area (Å²) >= 11 is 6.38. The molecule has 0 saturated heterocycles. The predicted octanol–water partition coefficient (Wildman–Crippen LogP) is 5.86. The van der Waals surface area contributed by atoms with Crippen LogP contribution < -0.4 is 19.6 Å². The quantitative estimate of drug-likeness (QED) is 0.179. The van der Waals surface area contributed by atoms with Gasteiger partial charge in [-0.15, -0.1) is 11.8 Å². The Hall–Kier alpha value is -3.40. The average molecular weight is 636 g/mol. The highest BCUT2D eigenvalue weighted by Crippen LogP contribution is 2.32. The first-order chi connectivity index (χ1) is 19.4. The van der Waals surface area contributed by atoms with Gasteiger partial charge in [-0.2, -0.15) is 0 Å². The summed E-state index contributed by atoms with van der Waals surface area (Å²) in [4.78, 5) is 33.3. The Labute approximate surface area is 248 Å². The van der Waals surface area contributed by atoms with Crippen LogP contribution in [0.2, 0.25) is 0 Å². The van der Waals surface area contributed by atoms with Crippen LogP contribution in [0.1, 0.15) is 36.6 Å². The van der Waals surface area contributed by atoms with Gasteiger partial charge < -0.3 is 9.47 Å². The summed E-state index contributed by atoms with van der Waals surface area (Å²) < 4.78 is 14.6. The zero-order valence-corrected chi connectivity index (χ0v) is 25.4. The molecule has 1 aromatic heterocycles. The summed E-state index contributed by atoms with van der Waals surface area (Å²) in [6, 6.07) is 22.8. The number of carbonyl (C=O) groups is 1. The van der Waals surface area contributed by atoms with E-state index in [4.69, 9.17) is 9.47 Å². The first kappa shape index (κ1) is 28.1. The maximum absolute atomic E-state index is 13.9. The predicted molar refractivity (Wildman–Crippen MR) is 164 cm³/mol. The fourth-order valence-electron chi connectivity index (χ4n) is 4.51. The molecule has 0 radical (unpaired) electrons. The van der Waals surface area contributed by atoms with Crippen LogP contribution in [0.5, 0.6) is 5.75 Å². The fraction of sp³-hybridized carbons (Fsp3) is 0.194. The highest BCUT2D eigenvalue weighted by atomic mass is 79.9. The number of esters is 1. The third-order valence-electron chi connectivity index (χ3n) is 6.46. The zero-order valence-electron chi connectivity index (χ0n) is 22.2. The van der Waals surface area contributed by atoms with Crippen LogP contribution in [0.4, 0.5) is 0 Å². The summed E-state index contributed by atoms with van der Waals surface area (Å²) in [6.45, 7) is 4.18. The van der Waals surface area contributed by atoms with Gasteiger partial charge in [0.05, 0.1) is 28.5 Å². The van der Waals surface area contributed by atoms with Crippen molar-refractivity contribution < 1.29 is 14.3 Å². The van der Waals surface area contributed by atoms with Crippen molar-refractivity contribution >= 4 is 51.1 Å². The number of aromatic nitrogens is 1. The van der Waals surface area contributed by atoms with Crippen molar-refractivity contribution in [3.63, 3.8) is 0 Å². The standard InChI is InChI=1S/C31H27BrN2O4S2/c1-4-37-30(36)27-19(2)33-31-34(28(27)21-11-15-24(39-3)16-12-21)29(35)26(40-31)17-22-7-5-6-8-25(22)38-18-20-9-13-23(32)14-10-20/h5-17,28H,4,18H2,1-3H3/b26-17-/t28-/m1/s1. The van der Waals surface area contributed by atoms with Gasteiger partial charge in [0.1, 0.15) is 12.4 Å². The lowest BCUT2D eigenvalue weighted by molar-refractivity contribution is -0.139. The normalized spacial score (nSPS) is 15.0. The molecule has 1 atom stereocenters. The van der Waals surface area contributed by atoms with Gasteiger partial charge in [0.2, 0.25) is 0 Å². The van der Waals surface area contributed by atoms with E-state index in [9.17, 15) is 9.59 Å². The van der Waals surface area contributed by atoms with E-state index in [0.717, 1.165) is 26.1 Å². The fourth-order valence-corrected chi connectivity index (χ4v) is 6.22. The zero-order chi connectivity index (χ0) is 28.2. The molecule has 0 saturated carbocycles. The first-order valence-corrected chi connectivity index (χ1v) is 15.5. The molecular weight excluding hydrogens is 608 g/mol. The van der Waals surface area contributed by atoms with Gasteiger partial charge in [0, 0.05) is 14.9 Å². The van der Waals surface area contributed by atoms with E-state index in [-0.39, 0.29) is 12.2 Å². The number of benzene rings is 3. The largest absolute Gasteiger partial charge is 0.488 e. The molecule has 204 valence electrons. The van der Waals surface area contributed by atoms with Crippen molar-refractivity contribution in [3.05, 3.63) is 125 Å². The first-order valence-electron chi connectivity index (χ1n) is 12.7. The second-order valence-electron chi connectivity index (χ2n) is 9.03. The summed E-state index contributed by atoms with van der Waals surface area (Å²) in [7, 11) is 0. The molecule has 1 aliphatic rings. The van der Waals surface area contributed by atoms with Gasteiger partial charge in [0.25, 0.3) is 5.56 Å². The maximum Gasteiger partial charge on any atom is 0.338 e. The van der Waals surface area contributed by atoms with Crippen LogP contribution in [-0.2, 0) is 16.1 Å². The molecule has 6 nitrogen and oxygen atoms in total. The molecule has 40 heavy (non-hydrogen) atoms. The summed E-state index contributed by atoms with van der Waals surface area (Å²) in [5.74, 6) is 0.201. The number of hydrogen-bond acceptors (Lipinski definition) is 7. The molecule has 4 aromatic rings. The van der Waals surface area contributed by atoms with Crippen LogP contribution in [0.15, 0.2) is 103 Å². The highest BCUT2D eigenvalue weighted by Gasteiger charge is 2.33. The van der Waals surface area contributed by atoms with E-state index in [1.54, 1.807) is 30.2 Å². The van der Waals surface area contributed by atoms with Crippen molar-refractivity contribution in [2.75, 3.05) is 12.9 Å². The molecule has 5 rings (SSSR count). The van der Waals surface area contributed by atoms with Crippen molar-refractivity contribution in [1.82, 2.24) is 4.57 Å². The van der Waals surface area contributed by atoms with E-state index >= 15 is 0 Å². The molecule has 0 aliphatic carbocycles. The lowest BCUT2D eigenvalue weighted by Gasteiger charge is -2.24. The van der Waals surface area contributed by atoms with Crippen molar-refractivity contribution in [1.29, 1.82) is 0 Å². The lowest BCUT2D eigenvalue weighted by atomic mass is 9.96. The van der Waals surface area contributed by atoms with Crippen molar-refractivity contribution in [2.45, 2.75) is 31.4 Å². The Morgan fingerprint density at radius 3 is 2.52 bits per heavy atom. The van der Waals surface area contributed by atoms with Crippen LogP contribution in [0.25, 0.3) is 6.08 Å². The maximum atomic E-state index is 13.9. The molecule has 2 heterocycles. The lowest BCUT2D eigenvalue weighted by Crippen LogP contribution is -2.39. The summed E-state index contributed by atoms with van der Waals surface area (Å²) in [5.41, 5.74) is 3.33. The van der Waals surface area contributed by atoms with E-state index in [1.165, 1.54) is 11.3 Å². The second kappa shape index (κ2) is 12.4. The Morgan fingerprint density at radius 1 is 1.10 bits per heavy atom. The van der Waals surface area contributed by atoms with Crippen LogP contribution in [0, 0.1) is 0 Å². The number of thioether (sulfide) groups is 1. The van der Waals surface area contributed by atoms with Gasteiger partial charge in [0.15, 0.2) is 4.80 Å². The molecule has 0 fully saturated rings. The molecule has 0 amide bonds. The number of nitrogens with zero attached hydrogens (tertiary/aromatic N) is 2. The smallest absolute Gasteiger partial charge is 0.338 e. The minimum Gasteiger partial charge on any atom is -0.488 e. The summed E-state index contributed by atoms with van der Waals surface area (Å²) in [6.07, 6.45) is 3.84. The number of halogens is 1. The Kier molecular flexibility index (Phi) is 8.73. The summed E-state index contributed by atoms with van der Waals surface area (Å²) in [5, 5.41) is 0. The van der Waals surface area contributed by atoms with Crippen LogP contribution in [0.3, 0.4) is 0 Å². The molecule has 3 aromatic carbocycles. The highest BCUT2D eigenvalue weighted by molar-refractivity contribution is 9.10. The average Bonchev–Trinajstić information content (AvgIpc) is 3.26.